The molecule has 152 valence electrons. The zero-order valence-electron chi connectivity index (χ0n) is 16.7. The number of alkyl halides is 4. The van der Waals surface area contributed by atoms with Crippen LogP contribution in [0.25, 0.3) is 0 Å². The number of halogens is 4. The Hall–Kier alpha value is -0.350. The highest BCUT2D eigenvalue weighted by Gasteiger charge is 2.17. The summed E-state index contributed by atoms with van der Waals surface area (Å²) in [7, 11) is 0. The molecule has 28 heavy (non-hydrogen) atoms. The third-order valence-electron chi connectivity index (χ3n) is 5.10. The third-order valence-corrected chi connectivity index (χ3v) is 7.89. The molecule has 0 saturated carbocycles. The first-order valence-electron chi connectivity index (χ1n) is 9.32. The molecule has 0 aliphatic heterocycles. The fourth-order valence-corrected chi connectivity index (χ4v) is 4.48. The summed E-state index contributed by atoms with van der Waals surface area (Å²) in [6, 6.07) is 8.00. The van der Waals surface area contributed by atoms with Crippen molar-refractivity contribution in [2.45, 2.75) is 50.2 Å². The summed E-state index contributed by atoms with van der Waals surface area (Å²) in [5, 5.41) is 0. The van der Waals surface area contributed by atoms with E-state index in [0.29, 0.717) is 11.8 Å². The van der Waals surface area contributed by atoms with E-state index in [9.17, 15) is 4.79 Å². The third kappa shape index (κ3) is 5.84. The minimum Gasteiger partial charge on any atom is -0.289 e. The lowest BCUT2D eigenvalue weighted by Gasteiger charge is -2.16. The second-order valence-electron chi connectivity index (χ2n) is 7.42. The Morgan fingerprint density at radius 1 is 0.750 bits per heavy atom. The van der Waals surface area contributed by atoms with Crippen molar-refractivity contribution >= 4 is 60.8 Å². The normalized spacial score (nSPS) is 13.4. The van der Waals surface area contributed by atoms with Gasteiger partial charge in [-0.3, -0.25) is 4.79 Å². The molecular weight excluding hydrogens is 523 g/mol. The highest BCUT2D eigenvalue weighted by atomic mass is 79.9. The number of benzene rings is 2. The van der Waals surface area contributed by atoms with Crippen LogP contribution in [0.3, 0.4) is 0 Å². The summed E-state index contributed by atoms with van der Waals surface area (Å²) < 4.78 is 0. The zero-order chi connectivity index (χ0) is 21.0. The van der Waals surface area contributed by atoms with Crippen molar-refractivity contribution < 1.29 is 4.79 Å². The summed E-state index contributed by atoms with van der Waals surface area (Å²) in [6.45, 7) is 8.26. The van der Waals surface area contributed by atoms with E-state index in [1.165, 1.54) is 11.1 Å². The summed E-state index contributed by atoms with van der Waals surface area (Å²) in [4.78, 5) is 13.6. The van der Waals surface area contributed by atoms with Crippen LogP contribution >= 0.6 is 55.1 Å². The van der Waals surface area contributed by atoms with Gasteiger partial charge in [-0.05, 0) is 98.2 Å². The lowest BCUT2D eigenvalue weighted by Crippen LogP contribution is -2.11. The van der Waals surface area contributed by atoms with Crippen LogP contribution in [0.2, 0.25) is 0 Å². The molecule has 0 aliphatic carbocycles. The van der Waals surface area contributed by atoms with Gasteiger partial charge in [0.1, 0.15) is 0 Å². The summed E-state index contributed by atoms with van der Waals surface area (Å²) >= 11 is 19.1. The van der Waals surface area contributed by atoms with Gasteiger partial charge in [0.25, 0.3) is 0 Å². The van der Waals surface area contributed by atoms with Gasteiger partial charge < -0.3 is 0 Å². The molecule has 0 N–H and O–H groups in total. The summed E-state index contributed by atoms with van der Waals surface area (Å²) in [5.74, 6) is 1.18. The Kier molecular flexibility index (Phi) is 9.07. The molecule has 5 heteroatoms. The topological polar surface area (TPSA) is 17.1 Å². The average molecular weight is 549 g/mol. The fraction of sp³-hybridized carbons (Fsp3) is 0.435. The van der Waals surface area contributed by atoms with Crippen LogP contribution in [0.15, 0.2) is 24.3 Å². The lowest BCUT2D eigenvalue weighted by molar-refractivity contribution is 0.103. The van der Waals surface area contributed by atoms with Gasteiger partial charge in [0, 0.05) is 32.5 Å². The first kappa shape index (κ1) is 23.9. The second-order valence-corrected chi connectivity index (χ2v) is 10.6. The Morgan fingerprint density at radius 2 is 1.04 bits per heavy atom. The van der Waals surface area contributed by atoms with E-state index in [1.807, 2.05) is 24.3 Å². The van der Waals surface area contributed by atoms with Crippen LogP contribution in [-0.4, -0.2) is 27.2 Å². The van der Waals surface area contributed by atoms with Crippen molar-refractivity contribution in [1.82, 2.24) is 0 Å². The maximum absolute atomic E-state index is 13.2. The molecule has 2 rings (SSSR count). The summed E-state index contributed by atoms with van der Waals surface area (Å²) in [5.41, 5.74) is 8.51. The Labute approximate surface area is 195 Å². The molecule has 0 aromatic heterocycles. The Morgan fingerprint density at radius 3 is 1.29 bits per heavy atom. The van der Waals surface area contributed by atoms with Gasteiger partial charge in [-0.2, -0.15) is 0 Å². The molecule has 0 saturated heterocycles. The van der Waals surface area contributed by atoms with Crippen LogP contribution < -0.4 is 0 Å². The van der Waals surface area contributed by atoms with Crippen LogP contribution in [0.1, 0.15) is 49.3 Å². The maximum Gasteiger partial charge on any atom is 0.193 e. The van der Waals surface area contributed by atoms with E-state index in [1.54, 1.807) is 0 Å². The Balaban J connectivity index is 2.36. The number of carbonyl (C=O) groups excluding carboxylic acids is 1. The van der Waals surface area contributed by atoms with Gasteiger partial charge in [-0.1, -0.05) is 31.9 Å². The molecule has 0 amide bonds. The van der Waals surface area contributed by atoms with Gasteiger partial charge in [-0.25, -0.2) is 0 Å². The molecule has 2 atom stereocenters. The molecule has 0 aliphatic rings. The number of carbonyl (C=O) groups is 1. The van der Waals surface area contributed by atoms with Crippen LogP contribution in [-0.2, 0) is 12.8 Å². The first-order valence-corrected chi connectivity index (χ1v) is 12.2. The smallest absolute Gasteiger partial charge is 0.193 e. The molecule has 0 fully saturated rings. The van der Waals surface area contributed by atoms with Crippen LogP contribution in [0.4, 0.5) is 0 Å². The van der Waals surface area contributed by atoms with Crippen molar-refractivity contribution in [2.24, 2.45) is 0 Å². The first-order chi connectivity index (χ1) is 13.2. The van der Waals surface area contributed by atoms with Crippen molar-refractivity contribution in [1.29, 1.82) is 0 Å². The van der Waals surface area contributed by atoms with Gasteiger partial charge in [0.2, 0.25) is 0 Å². The molecule has 0 radical (unpaired) electrons. The molecule has 0 bridgehead atoms. The highest BCUT2D eigenvalue weighted by molar-refractivity contribution is 9.09. The van der Waals surface area contributed by atoms with Gasteiger partial charge in [-0.15, -0.1) is 23.2 Å². The molecule has 2 aromatic carbocycles. The standard InChI is InChI=1S/C23H26Br2Cl2O/c1-13-5-17(6-14(2)21(13)9-19(24)11-26)23(28)18-7-15(3)22(16(4)8-18)10-20(25)12-27/h5-8,19-20H,9-12H2,1-4H3. The minimum atomic E-state index is 0.0657. The number of hydrogen-bond acceptors (Lipinski definition) is 1. The van der Waals surface area contributed by atoms with Crippen LogP contribution in [0, 0.1) is 27.7 Å². The molecule has 0 spiro atoms. The summed E-state index contributed by atoms with van der Waals surface area (Å²) in [6.07, 6.45) is 1.72. The second kappa shape index (κ2) is 10.6. The van der Waals surface area contributed by atoms with E-state index in [0.717, 1.165) is 46.2 Å². The molecule has 0 heterocycles. The van der Waals surface area contributed by atoms with Crippen molar-refractivity contribution in [3.63, 3.8) is 0 Å². The predicted molar refractivity (Wildman–Crippen MR) is 130 cm³/mol. The largest absolute Gasteiger partial charge is 0.289 e. The van der Waals surface area contributed by atoms with Crippen molar-refractivity contribution in [3.05, 3.63) is 68.8 Å². The van der Waals surface area contributed by atoms with E-state index >= 15 is 0 Å². The number of aryl methyl sites for hydroxylation is 4. The lowest BCUT2D eigenvalue weighted by atomic mass is 9.90. The van der Waals surface area contributed by atoms with Gasteiger partial charge in [0.05, 0.1) is 0 Å². The van der Waals surface area contributed by atoms with E-state index in [2.05, 4.69) is 59.6 Å². The van der Waals surface area contributed by atoms with E-state index in [4.69, 9.17) is 23.2 Å². The number of ketones is 1. The van der Waals surface area contributed by atoms with E-state index in [-0.39, 0.29) is 15.4 Å². The molecular formula is C23H26Br2Cl2O. The van der Waals surface area contributed by atoms with Gasteiger partial charge in [0.15, 0.2) is 5.78 Å². The SMILES string of the molecule is Cc1cc(C(=O)c2cc(C)c(CC(Br)CCl)c(C)c2)cc(C)c1CC(Br)CCl. The predicted octanol–water partition coefficient (Wildman–Crippen LogP) is 7.24. The fourth-order valence-electron chi connectivity index (χ4n) is 3.61. The quantitative estimate of drug-likeness (QED) is 0.251. The van der Waals surface area contributed by atoms with Crippen molar-refractivity contribution in [2.75, 3.05) is 11.8 Å². The van der Waals surface area contributed by atoms with Crippen LogP contribution in [0.5, 0.6) is 0 Å². The molecule has 1 nitrogen and oxygen atoms in total. The zero-order valence-corrected chi connectivity index (χ0v) is 21.4. The maximum atomic E-state index is 13.2. The minimum absolute atomic E-state index is 0.0657. The Bertz CT molecular complexity index is 748. The number of hydrogen-bond donors (Lipinski definition) is 0. The van der Waals surface area contributed by atoms with Crippen molar-refractivity contribution in [3.8, 4) is 0 Å². The monoisotopic (exact) mass is 546 g/mol. The average Bonchev–Trinajstić information content (AvgIpc) is 2.65. The highest BCUT2D eigenvalue weighted by Crippen LogP contribution is 2.26. The number of rotatable bonds is 8. The molecule has 2 unspecified atom stereocenters. The van der Waals surface area contributed by atoms with Gasteiger partial charge >= 0.3 is 0 Å². The van der Waals surface area contributed by atoms with E-state index < -0.39 is 0 Å². The molecule has 2 aromatic rings.